The number of ether oxygens (including phenoxy) is 1. The average molecular weight is 376 g/mol. The molecule has 1 heterocycles. The minimum atomic E-state index is -0.488. The van der Waals surface area contributed by atoms with Crippen molar-refractivity contribution in [2.75, 3.05) is 6.54 Å². The lowest BCUT2D eigenvalue weighted by molar-refractivity contribution is -0.121. The minimum Gasteiger partial charge on any atom is -0.453 e. The summed E-state index contributed by atoms with van der Waals surface area (Å²) < 4.78 is 19.4. The van der Waals surface area contributed by atoms with Crippen LogP contribution in [0.1, 0.15) is 18.4 Å². The number of nitrogens with two attached hydrogens (primary N) is 1. The molecule has 0 bridgehead atoms. The fourth-order valence-corrected chi connectivity index (χ4v) is 1.82. The van der Waals surface area contributed by atoms with Crippen molar-refractivity contribution in [1.29, 1.82) is 0 Å². The molecule has 0 unspecified atom stereocenters. The molecular formula is C16H20Cl2FN3O2. The maximum Gasteiger partial charge on any atom is 0.220 e. The number of hydrogen-bond acceptors (Lipinski definition) is 4. The number of nitrogens with one attached hydrogen (secondary N) is 1. The number of nitrogens with zero attached hydrogens (tertiary/aromatic N) is 1. The molecule has 24 heavy (non-hydrogen) atoms. The van der Waals surface area contributed by atoms with E-state index < -0.39 is 5.82 Å². The average Bonchev–Trinajstić information content (AvgIpc) is 2.54. The minimum absolute atomic E-state index is 0. The summed E-state index contributed by atoms with van der Waals surface area (Å²) in [7, 11) is 0. The van der Waals surface area contributed by atoms with Gasteiger partial charge in [-0.3, -0.25) is 9.78 Å². The largest absolute Gasteiger partial charge is 0.453 e. The summed E-state index contributed by atoms with van der Waals surface area (Å²) in [5.74, 6) is -0.00505. The summed E-state index contributed by atoms with van der Waals surface area (Å²) >= 11 is 0. The molecule has 0 spiro atoms. The van der Waals surface area contributed by atoms with Gasteiger partial charge in [-0.1, -0.05) is 6.07 Å². The van der Waals surface area contributed by atoms with Gasteiger partial charge in [-0.05, 0) is 42.8 Å². The molecule has 0 saturated carbocycles. The maximum atomic E-state index is 14.0. The molecule has 3 N–H and O–H groups in total. The van der Waals surface area contributed by atoms with Gasteiger partial charge in [0.25, 0.3) is 0 Å². The van der Waals surface area contributed by atoms with Crippen LogP contribution in [0, 0.1) is 5.82 Å². The van der Waals surface area contributed by atoms with Gasteiger partial charge in [0.1, 0.15) is 5.75 Å². The Hall–Kier alpha value is -1.89. The first-order valence-electron chi connectivity index (χ1n) is 7.02. The van der Waals surface area contributed by atoms with E-state index in [2.05, 4.69) is 10.3 Å². The third-order valence-electron chi connectivity index (χ3n) is 2.96. The quantitative estimate of drug-likeness (QED) is 0.778. The van der Waals surface area contributed by atoms with Gasteiger partial charge in [0.05, 0.1) is 6.20 Å². The van der Waals surface area contributed by atoms with Crippen LogP contribution in [0.15, 0.2) is 42.7 Å². The number of carbonyl (C=O) groups is 1. The highest BCUT2D eigenvalue weighted by Gasteiger charge is 2.07. The summed E-state index contributed by atoms with van der Waals surface area (Å²) in [5, 5.41) is 2.72. The summed E-state index contributed by atoms with van der Waals surface area (Å²) in [5.41, 5.74) is 6.00. The van der Waals surface area contributed by atoms with Crippen molar-refractivity contribution in [2.45, 2.75) is 19.4 Å². The van der Waals surface area contributed by atoms with Gasteiger partial charge in [-0.25, -0.2) is 4.39 Å². The highest BCUT2D eigenvalue weighted by atomic mass is 35.5. The summed E-state index contributed by atoms with van der Waals surface area (Å²) in [6.07, 6.45) is 4.13. The molecule has 1 amide bonds. The van der Waals surface area contributed by atoms with Gasteiger partial charge >= 0.3 is 0 Å². The number of aromatic nitrogens is 1. The predicted molar refractivity (Wildman–Crippen MR) is 95.3 cm³/mol. The highest BCUT2D eigenvalue weighted by molar-refractivity contribution is 5.85. The Labute approximate surface area is 152 Å². The van der Waals surface area contributed by atoms with Crippen LogP contribution in [0.2, 0.25) is 0 Å². The smallest absolute Gasteiger partial charge is 0.220 e. The SMILES string of the molecule is Cl.Cl.NCCCC(=O)NCc1ccc(Oc2cccnc2)c(F)c1. The molecule has 0 aliphatic rings. The molecule has 0 atom stereocenters. The van der Waals surface area contributed by atoms with Crippen LogP contribution in [-0.2, 0) is 11.3 Å². The van der Waals surface area contributed by atoms with Crippen LogP contribution in [0.5, 0.6) is 11.5 Å². The van der Waals surface area contributed by atoms with Crippen LogP contribution >= 0.6 is 24.8 Å². The number of amides is 1. The molecule has 132 valence electrons. The Morgan fingerprint density at radius 2 is 2.08 bits per heavy atom. The Kier molecular flexibility index (Phi) is 10.7. The number of hydrogen-bond donors (Lipinski definition) is 2. The van der Waals surface area contributed by atoms with E-state index in [1.807, 2.05) is 0 Å². The first-order valence-corrected chi connectivity index (χ1v) is 7.02. The lowest BCUT2D eigenvalue weighted by atomic mass is 10.2. The monoisotopic (exact) mass is 375 g/mol. The van der Waals surface area contributed by atoms with Gasteiger partial charge in [-0.2, -0.15) is 0 Å². The topological polar surface area (TPSA) is 77.2 Å². The lowest BCUT2D eigenvalue weighted by Crippen LogP contribution is -2.23. The molecule has 1 aromatic heterocycles. The van der Waals surface area contributed by atoms with E-state index in [0.717, 1.165) is 0 Å². The second-order valence-electron chi connectivity index (χ2n) is 4.72. The molecule has 8 heteroatoms. The Morgan fingerprint density at radius 3 is 2.71 bits per heavy atom. The standard InChI is InChI=1S/C16H18FN3O2.2ClH/c17-14-9-12(10-20-16(21)4-1-7-18)5-6-15(14)22-13-3-2-8-19-11-13;;/h2-3,5-6,8-9,11H,1,4,7,10,18H2,(H,20,21);2*1H. The normalized spacial score (nSPS) is 9.42. The zero-order valence-electron chi connectivity index (χ0n) is 12.9. The van der Waals surface area contributed by atoms with Crippen molar-refractivity contribution in [1.82, 2.24) is 10.3 Å². The fraction of sp³-hybridized carbons (Fsp3) is 0.250. The van der Waals surface area contributed by atoms with E-state index in [4.69, 9.17) is 10.5 Å². The van der Waals surface area contributed by atoms with Gasteiger partial charge in [0, 0.05) is 19.2 Å². The Morgan fingerprint density at radius 1 is 1.29 bits per heavy atom. The van der Waals surface area contributed by atoms with Crippen molar-refractivity contribution in [2.24, 2.45) is 5.73 Å². The van der Waals surface area contributed by atoms with Crippen molar-refractivity contribution in [3.05, 3.63) is 54.1 Å². The fourth-order valence-electron chi connectivity index (χ4n) is 1.82. The molecule has 2 rings (SSSR count). The highest BCUT2D eigenvalue weighted by Crippen LogP contribution is 2.24. The Balaban J connectivity index is 0.00000264. The van der Waals surface area contributed by atoms with Gasteiger partial charge in [0.15, 0.2) is 11.6 Å². The number of rotatable bonds is 7. The van der Waals surface area contributed by atoms with E-state index in [1.54, 1.807) is 24.4 Å². The third kappa shape index (κ3) is 7.12. The van der Waals surface area contributed by atoms with Crippen molar-refractivity contribution in [3.8, 4) is 11.5 Å². The maximum absolute atomic E-state index is 14.0. The zero-order chi connectivity index (χ0) is 15.8. The van der Waals surface area contributed by atoms with Crippen LogP contribution < -0.4 is 15.8 Å². The number of carbonyl (C=O) groups excluding carboxylic acids is 1. The summed E-state index contributed by atoms with van der Waals surface area (Å²) in [4.78, 5) is 15.4. The van der Waals surface area contributed by atoms with Crippen molar-refractivity contribution in [3.63, 3.8) is 0 Å². The molecule has 5 nitrogen and oxygen atoms in total. The third-order valence-corrected chi connectivity index (χ3v) is 2.96. The van der Waals surface area contributed by atoms with E-state index in [0.29, 0.717) is 30.7 Å². The summed E-state index contributed by atoms with van der Waals surface area (Å²) in [6.45, 7) is 0.746. The van der Waals surface area contributed by atoms with Gasteiger partial charge in [0.2, 0.25) is 5.91 Å². The number of benzene rings is 1. The predicted octanol–water partition coefficient (Wildman–Crippen LogP) is 3.21. The van der Waals surface area contributed by atoms with Crippen LogP contribution in [-0.4, -0.2) is 17.4 Å². The number of halogens is 3. The van der Waals surface area contributed by atoms with E-state index >= 15 is 0 Å². The van der Waals surface area contributed by atoms with Crippen molar-refractivity contribution < 1.29 is 13.9 Å². The molecule has 1 aromatic carbocycles. The van der Waals surface area contributed by atoms with Crippen molar-refractivity contribution >= 4 is 30.7 Å². The second kappa shape index (κ2) is 11.6. The van der Waals surface area contributed by atoms with Gasteiger partial charge in [-0.15, -0.1) is 24.8 Å². The molecule has 2 aromatic rings. The van der Waals surface area contributed by atoms with E-state index in [9.17, 15) is 9.18 Å². The molecule has 0 aliphatic carbocycles. The molecule has 0 saturated heterocycles. The van der Waals surface area contributed by atoms with Crippen LogP contribution in [0.3, 0.4) is 0 Å². The molecule has 0 fully saturated rings. The Bertz CT molecular complexity index is 630. The molecule has 0 aliphatic heterocycles. The first kappa shape index (κ1) is 22.1. The lowest BCUT2D eigenvalue weighted by Gasteiger charge is -2.09. The first-order chi connectivity index (χ1) is 10.7. The van der Waals surface area contributed by atoms with Crippen LogP contribution in [0.4, 0.5) is 4.39 Å². The zero-order valence-corrected chi connectivity index (χ0v) is 14.5. The van der Waals surface area contributed by atoms with E-state index in [1.165, 1.54) is 18.3 Å². The molecule has 0 radical (unpaired) electrons. The second-order valence-corrected chi connectivity index (χ2v) is 4.72. The van der Waals surface area contributed by atoms with Crippen LogP contribution in [0.25, 0.3) is 0 Å². The molecular weight excluding hydrogens is 356 g/mol. The summed E-state index contributed by atoms with van der Waals surface area (Å²) in [6, 6.07) is 7.98. The van der Waals surface area contributed by atoms with Gasteiger partial charge < -0.3 is 15.8 Å². The number of pyridine rings is 1. The van der Waals surface area contributed by atoms with E-state index in [-0.39, 0.29) is 43.0 Å².